The number of alkyl halides is 2. The summed E-state index contributed by atoms with van der Waals surface area (Å²) < 4.78 is 26.0. The lowest BCUT2D eigenvalue weighted by atomic mass is 9.88. The van der Waals surface area contributed by atoms with E-state index in [9.17, 15) is 13.6 Å². The van der Waals surface area contributed by atoms with Crippen molar-refractivity contribution in [1.82, 2.24) is 9.80 Å². The van der Waals surface area contributed by atoms with E-state index in [4.69, 9.17) is 0 Å². The second-order valence-corrected chi connectivity index (χ2v) is 7.93. The number of hydrogen-bond donors (Lipinski definition) is 0. The molecule has 0 aromatic heterocycles. The van der Waals surface area contributed by atoms with Crippen LogP contribution in [0.2, 0.25) is 0 Å². The molecule has 0 saturated carbocycles. The van der Waals surface area contributed by atoms with Crippen molar-refractivity contribution in [2.75, 3.05) is 26.2 Å². The lowest BCUT2D eigenvalue weighted by molar-refractivity contribution is -0.150. The van der Waals surface area contributed by atoms with Crippen molar-refractivity contribution < 1.29 is 13.6 Å². The Morgan fingerprint density at radius 2 is 1.78 bits per heavy atom. The van der Waals surface area contributed by atoms with Crippen LogP contribution in [0.3, 0.4) is 0 Å². The zero-order valence-electron chi connectivity index (χ0n) is 14.9. The molecule has 2 fully saturated rings. The first kappa shape index (κ1) is 18.6. The molecule has 0 spiro atoms. The number of amides is 1. The average molecular weight is 330 g/mol. The standard InChI is InChI=1S/C18H32F2N2O/c1-14-6-4-5-10-21(14)11-7-15-8-12-22(13-9-15)17(23)18(2,3)16(19)20/h14-16H,4-13H2,1-3H3. The summed E-state index contributed by atoms with van der Waals surface area (Å²) in [7, 11) is 0. The van der Waals surface area contributed by atoms with Crippen LogP contribution in [0.1, 0.15) is 59.3 Å². The zero-order chi connectivity index (χ0) is 17.0. The molecule has 2 aliphatic rings. The molecule has 1 unspecified atom stereocenters. The third-order valence-electron chi connectivity index (χ3n) is 5.76. The van der Waals surface area contributed by atoms with Crippen LogP contribution in [0.4, 0.5) is 8.78 Å². The van der Waals surface area contributed by atoms with Crippen LogP contribution in [0.25, 0.3) is 0 Å². The lowest BCUT2D eigenvalue weighted by Crippen LogP contribution is -2.48. The first-order valence-electron chi connectivity index (χ1n) is 9.14. The van der Waals surface area contributed by atoms with E-state index in [1.54, 1.807) is 4.90 Å². The maximum atomic E-state index is 13.0. The molecule has 0 bridgehead atoms. The fraction of sp³-hybridized carbons (Fsp3) is 0.944. The Morgan fingerprint density at radius 1 is 1.13 bits per heavy atom. The highest BCUT2D eigenvalue weighted by atomic mass is 19.3. The fourth-order valence-electron chi connectivity index (χ4n) is 3.76. The number of rotatable bonds is 5. The summed E-state index contributed by atoms with van der Waals surface area (Å²) >= 11 is 0. The second kappa shape index (κ2) is 7.91. The van der Waals surface area contributed by atoms with E-state index >= 15 is 0 Å². The maximum absolute atomic E-state index is 13.0. The van der Waals surface area contributed by atoms with Crippen molar-refractivity contribution in [3.8, 4) is 0 Å². The van der Waals surface area contributed by atoms with E-state index in [2.05, 4.69) is 11.8 Å². The highest BCUT2D eigenvalue weighted by Gasteiger charge is 2.41. The smallest absolute Gasteiger partial charge is 0.252 e. The van der Waals surface area contributed by atoms with Crippen molar-refractivity contribution in [2.45, 2.75) is 71.8 Å². The number of carbonyl (C=O) groups is 1. The molecular weight excluding hydrogens is 298 g/mol. The summed E-state index contributed by atoms with van der Waals surface area (Å²) in [6.07, 6.45) is 4.42. The van der Waals surface area contributed by atoms with Gasteiger partial charge in [0.25, 0.3) is 6.43 Å². The first-order valence-corrected chi connectivity index (χ1v) is 9.14. The van der Waals surface area contributed by atoms with Gasteiger partial charge in [0.15, 0.2) is 0 Å². The van der Waals surface area contributed by atoms with Crippen LogP contribution >= 0.6 is 0 Å². The zero-order valence-corrected chi connectivity index (χ0v) is 14.9. The number of nitrogens with zero attached hydrogens (tertiary/aromatic N) is 2. The van der Waals surface area contributed by atoms with E-state index in [0.29, 0.717) is 25.0 Å². The Labute approximate surface area is 139 Å². The van der Waals surface area contributed by atoms with E-state index < -0.39 is 17.7 Å². The van der Waals surface area contributed by atoms with Crippen LogP contribution in [0.5, 0.6) is 0 Å². The van der Waals surface area contributed by atoms with Gasteiger partial charge in [-0.25, -0.2) is 8.78 Å². The molecule has 1 atom stereocenters. The largest absolute Gasteiger partial charge is 0.342 e. The van der Waals surface area contributed by atoms with Crippen LogP contribution in [-0.4, -0.2) is 54.4 Å². The Kier molecular flexibility index (Phi) is 6.40. The molecule has 134 valence electrons. The predicted octanol–water partition coefficient (Wildman–Crippen LogP) is 3.78. The second-order valence-electron chi connectivity index (χ2n) is 7.93. The van der Waals surface area contributed by atoms with Crippen LogP contribution in [0.15, 0.2) is 0 Å². The van der Waals surface area contributed by atoms with Gasteiger partial charge in [-0.2, -0.15) is 0 Å². The number of hydrogen-bond acceptors (Lipinski definition) is 2. The van der Waals surface area contributed by atoms with E-state index in [1.165, 1.54) is 46.1 Å². The predicted molar refractivity (Wildman–Crippen MR) is 88.6 cm³/mol. The van der Waals surface area contributed by atoms with Crippen molar-refractivity contribution in [3.63, 3.8) is 0 Å². The molecule has 23 heavy (non-hydrogen) atoms. The molecule has 2 saturated heterocycles. The quantitative estimate of drug-likeness (QED) is 0.766. The minimum absolute atomic E-state index is 0.393. The van der Waals surface area contributed by atoms with Crippen LogP contribution < -0.4 is 0 Å². The highest BCUT2D eigenvalue weighted by Crippen LogP contribution is 2.30. The van der Waals surface area contributed by atoms with Gasteiger partial charge < -0.3 is 9.80 Å². The molecule has 2 aliphatic heterocycles. The molecule has 2 heterocycles. The normalized spacial score (nSPS) is 25.1. The monoisotopic (exact) mass is 330 g/mol. The summed E-state index contributed by atoms with van der Waals surface area (Å²) in [6.45, 7) is 8.63. The number of halogens is 2. The van der Waals surface area contributed by atoms with Gasteiger partial charge in [-0.3, -0.25) is 4.79 Å². The van der Waals surface area contributed by atoms with Crippen molar-refractivity contribution in [1.29, 1.82) is 0 Å². The molecule has 0 aromatic rings. The van der Waals surface area contributed by atoms with Crippen LogP contribution in [-0.2, 0) is 4.79 Å². The van der Waals surface area contributed by atoms with Gasteiger partial charge in [0.2, 0.25) is 5.91 Å². The van der Waals surface area contributed by atoms with E-state index in [-0.39, 0.29) is 0 Å². The fourth-order valence-corrected chi connectivity index (χ4v) is 3.76. The lowest BCUT2D eigenvalue weighted by Gasteiger charge is -2.38. The molecule has 1 amide bonds. The van der Waals surface area contributed by atoms with Crippen molar-refractivity contribution >= 4 is 5.91 Å². The minimum atomic E-state index is -2.60. The Bertz CT molecular complexity index is 392. The van der Waals surface area contributed by atoms with Crippen LogP contribution in [0, 0.1) is 11.3 Å². The Morgan fingerprint density at radius 3 is 2.35 bits per heavy atom. The van der Waals surface area contributed by atoms with Gasteiger partial charge in [-0.15, -0.1) is 0 Å². The highest BCUT2D eigenvalue weighted by molar-refractivity contribution is 5.82. The summed E-state index contributed by atoms with van der Waals surface area (Å²) in [6, 6.07) is 0.692. The third-order valence-corrected chi connectivity index (χ3v) is 5.76. The molecule has 0 aliphatic carbocycles. The van der Waals surface area contributed by atoms with Crippen molar-refractivity contribution in [3.05, 3.63) is 0 Å². The van der Waals surface area contributed by atoms with E-state index in [0.717, 1.165) is 19.4 Å². The van der Waals surface area contributed by atoms with Gasteiger partial charge in [-0.05, 0) is 71.9 Å². The van der Waals surface area contributed by atoms with Gasteiger partial charge in [0.1, 0.15) is 5.41 Å². The van der Waals surface area contributed by atoms with Crippen molar-refractivity contribution in [2.24, 2.45) is 11.3 Å². The summed E-state index contributed by atoms with van der Waals surface area (Å²) in [5.41, 5.74) is -1.56. The van der Waals surface area contributed by atoms with Gasteiger partial charge in [0.05, 0.1) is 0 Å². The maximum Gasteiger partial charge on any atom is 0.252 e. The molecule has 0 aromatic carbocycles. The molecule has 0 radical (unpaired) electrons. The average Bonchev–Trinajstić information content (AvgIpc) is 2.53. The molecule has 0 N–H and O–H groups in total. The van der Waals surface area contributed by atoms with Gasteiger partial charge in [-0.1, -0.05) is 6.42 Å². The topological polar surface area (TPSA) is 23.6 Å². The Balaban J connectivity index is 1.74. The third kappa shape index (κ3) is 4.65. The molecule has 2 rings (SSSR count). The minimum Gasteiger partial charge on any atom is -0.342 e. The van der Waals surface area contributed by atoms with Gasteiger partial charge in [0, 0.05) is 19.1 Å². The number of carbonyl (C=O) groups excluding carboxylic acids is 1. The van der Waals surface area contributed by atoms with E-state index in [1.807, 2.05) is 0 Å². The molecule has 3 nitrogen and oxygen atoms in total. The first-order chi connectivity index (χ1) is 10.8. The summed E-state index contributed by atoms with van der Waals surface area (Å²) in [4.78, 5) is 16.5. The SMILES string of the molecule is CC1CCCCN1CCC1CCN(C(=O)C(C)(C)C(F)F)CC1. The summed E-state index contributed by atoms with van der Waals surface area (Å²) in [5, 5.41) is 0. The molecule has 5 heteroatoms. The van der Waals surface area contributed by atoms with Gasteiger partial charge >= 0.3 is 0 Å². The summed E-state index contributed by atoms with van der Waals surface area (Å²) in [5.74, 6) is 0.235. The number of piperidine rings is 2. The molecular formula is C18H32F2N2O. The Hall–Kier alpha value is -0.710. The number of likely N-dealkylation sites (tertiary alicyclic amines) is 2.